The molecule has 2 aromatic rings. The van der Waals surface area contributed by atoms with Gasteiger partial charge in [-0.15, -0.1) is 0 Å². The smallest absolute Gasteiger partial charge is 0.327 e. The molecule has 3 heterocycles. The van der Waals surface area contributed by atoms with E-state index >= 15 is 0 Å². The van der Waals surface area contributed by atoms with Gasteiger partial charge in [0.25, 0.3) is 0 Å². The lowest BCUT2D eigenvalue weighted by atomic mass is 9.85. The van der Waals surface area contributed by atoms with Crippen molar-refractivity contribution in [3.05, 3.63) is 22.4 Å². The Morgan fingerprint density at radius 2 is 1.84 bits per heavy atom. The third-order valence-electron chi connectivity index (χ3n) is 7.56. The second-order valence-electron chi connectivity index (χ2n) is 10.0. The predicted molar refractivity (Wildman–Crippen MR) is 130 cm³/mol. The van der Waals surface area contributed by atoms with E-state index in [-0.39, 0.29) is 5.69 Å². The molecule has 32 heavy (non-hydrogen) atoms. The molecule has 172 valence electrons. The van der Waals surface area contributed by atoms with Gasteiger partial charge in [0.05, 0.1) is 0 Å². The number of hydrogen-bond acceptors (Lipinski definition) is 5. The molecule has 3 N–H and O–H groups in total. The van der Waals surface area contributed by atoms with Gasteiger partial charge < -0.3 is 10.7 Å². The zero-order valence-corrected chi connectivity index (χ0v) is 19.1. The normalized spacial score (nSPS) is 21.9. The van der Waals surface area contributed by atoms with Crippen LogP contribution in [0.4, 0.5) is 5.82 Å². The Labute approximate surface area is 189 Å². The minimum Gasteiger partial charge on any atom is -0.382 e. The van der Waals surface area contributed by atoms with E-state index in [4.69, 9.17) is 10.7 Å². The fourth-order valence-electron chi connectivity index (χ4n) is 5.43. The zero-order chi connectivity index (χ0) is 21.9. The van der Waals surface area contributed by atoms with Crippen LogP contribution in [-0.2, 0) is 6.54 Å². The summed E-state index contributed by atoms with van der Waals surface area (Å²) >= 11 is 0. The Kier molecular flexibility index (Phi) is 6.42. The van der Waals surface area contributed by atoms with Crippen LogP contribution in [0.1, 0.15) is 89.3 Å². The fraction of sp³-hybridized carbons (Fsp3) is 0.680. The van der Waals surface area contributed by atoms with Crippen LogP contribution >= 0.6 is 0 Å². The van der Waals surface area contributed by atoms with Crippen LogP contribution in [0, 0.1) is 17.8 Å². The Hall–Kier alpha value is -2.44. The molecule has 3 aliphatic rings. The first-order valence-electron chi connectivity index (χ1n) is 12.7. The van der Waals surface area contributed by atoms with Gasteiger partial charge in [-0.05, 0) is 37.5 Å². The molecule has 0 radical (unpaired) electrons. The zero-order valence-electron chi connectivity index (χ0n) is 19.1. The van der Waals surface area contributed by atoms with Crippen LogP contribution in [0.25, 0.3) is 16.9 Å². The van der Waals surface area contributed by atoms with Gasteiger partial charge in [-0.3, -0.25) is 9.56 Å². The summed E-state index contributed by atoms with van der Waals surface area (Å²) in [6.07, 6.45) is 20.9. The monoisotopic (exact) mass is 436 g/mol. The number of aromatic nitrogens is 4. The van der Waals surface area contributed by atoms with Crippen molar-refractivity contribution in [3.8, 4) is 0 Å². The quantitative estimate of drug-likeness (QED) is 0.535. The highest BCUT2D eigenvalue weighted by atomic mass is 16.1. The van der Waals surface area contributed by atoms with E-state index in [0.717, 1.165) is 36.8 Å². The number of fused-ring (bicyclic) bond motifs is 1. The third-order valence-corrected chi connectivity index (χ3v) is 7.56. The van der Waals surface area contributed by atoms with E-state index in [9.17, 15) is 4.79 Å². The molecule has 5 rings (SSSR count). The second kappa shape index (κ2) is 9.59. The number of H-pyrrole nitrogens is 1. The topological polar surface area (TPSA) is 102 Å². The molecule has 0 saturated heterocycles. The summed E-state index contributed by atoms with van der Waals surface area (Å²) in [7, 11) is 0. The van der Waals surface area contributed by atoms with Crippen LogP contribution in [-0.4, -0.2) is 25.7 Å². The molecular formula is C25H36N6O. The predicted octanol–water partition coefficient (Wildman–Crippen LogP) is 5.07. The summed E-state index contributed by atoms with van der Waals surface area (Å²) in [5, 5.41) is 0. The summed E-state index contributed by atoms with van der Waals surface area (Å²) in [5.41, 5.74) is 7.92. The standard InChI is InChI=1S/C25H36N6O/c26-22-21-24(30-23(29-22)20-14-13-19(16-27-20)18-11-12-18)31(25(32)28-21)15-7-2-1-4-8-17-9-5-3-6-10-17/h14,16-19H,1-13,15H2,(H,28,32)(H2,26,29,30). The largest absolute Gasteiger partial charge is 0.382 e. The molecule has 2 aliphatic carbocycles. The van der Waals surface area contributed by atoms with Crippen LogP contribution in [0.2, 0.25) is 0 Å². The maximum absolute atomic E-state index is 12.6. The molecule has 0 amide bonds. The van der Waals surface area contributed by atoms with Crippen LogP contribution < -0.4 is 11.4 Å². The number of unbranched alkanes of at least 4 members (excludes halogenated alkanes) is 3. The van der Waals surface area contributed by atoms with Gasteiger partial charge in [0.15, 0.2) is 17.3 Å². The molecular weight excluding hydrogens is 400 g/mol. The molecule has 2 aromatic heterocycles. The second-order valence-corrected chi connectivity index (χ2v) is 10.0. The number of nitrogens with zero attached hydrogens (tertiary/aromatic N) is 4. The van der Waals surface area contributed by atoms with Gasteiger partial charge in [0.2, 0.25) is 0 Å². The number of nitrogens with one attached hydrogen (secondary N) is 1. The van der Waals surface area contributed by atoms with Crippen molar-refractivity contribution < 1.29 is 0 Å². The lowest BCUT2D eigenvalue weighted by molar-refractivity contribution is 0.327. The van der Waals surface area contributed by atoms with E-state index in [1.165, 1.54) is 64.2 Å². The minimum atomic E-state index is -0.157. The van der Waals surface area contributed by atoms with E-state index in [1.807, 2.05) is 6.21 Å². The summed E-state index contributed by atoms with van der Waals surface area (Å²) in [4.78, 5) is 29.2. The first-order valence-corrected chi connectivity index (χ1v) is 12.7. The van der Waals surface area contributed by atoms with Gasteiger partial charge in [0.1, 0.15) is 11.2 Å². The first-order chi connectivity index (χ1) is 15.7. The molecule has 7 nitrogen and oxygen atoms in total. The lowest BCUT2D eigenvalue weighted by Crippen LogP contribution is -2.17. The average molecular weight is 437 g/mol. The molecule has 0 spiro atoms. The Balaban J connectivity index is 1.21. The molecule has 1 aliphatic heterocycles. The fourth-order valence-corrected chi connectivity index (χ4v) is 5.43. The number of hydrogen-bond donors (Lipinski definition) is 2. The van der Waals surface area contributed by atoms with Crippen LogP contribution in [0.15, 0.2) is 15.9 Å². The number of aromatic amines is 1. The molecule has 2 saturated carbocycles. The number of imidazole rings is 1. The summed E-state index contributed by atoms with van der Waals surface area (Å²) in [5.74, 6) is 3.12. The summed E-state index contributed by atoms with van der Waals surface area (Å²) in [6, 6.07) is 0. The Bertz CT molecular complexity index is 1050. The number of rotatable bonds is 9. The molecule has 7 heteroatoms. The Morgan fingerprint density at radius 3 is 2.59 bits per heavy atom. The number of nitrogen functional groups attached to an aromatic ring is 1. The van der Waals surface area contributed by atoms with Crippen molar-refractivity contribution in [2.45, 2.75) is 90.0 Å². The van der Waals surface area contributed by atoms with E-state index in [0.29, 0.717) is 35.3 Å². The molecule has 1 unspecified atom stereocenters. The number of nitrogens with two attached hydrogens (primary N) is 1. The van der Waals surface area contributed by atoms with Crippen molar-refractivity contribution in [1.29, 1.82) is 0 Å². The molecule has 0 bridgehead atoms. The van der Waals surface area contributed by atoms with Gasteiger partial charge in [-0.1, -0.05) is 63.9 Å². The third kappa shape index (κ3) is 4.81. The van der Waals surface area contributed by atoms with Crippen molar-refractivity contribution in [1.82, 2.24) is 19.5 Å². The van der Waals surface area contributed by atoms with Crippen molar-refractivity contribution >= 4 is 28.9 Å². The van der Waals surface area contributed by atoms with Crippen molar-refractivity contribution in [2.24, 2.45) is 22.7 Å². The minimum absolute atomic E-state index is 0.157. The van der Waals surface area contributed by atoms with Gasteiger partial charge >= 0.3 is 5.69 Å². The highest BCUT2D eigenvalue weighted by Crippen LogP contribution is 2.39. The molecule has 0 aromatic carbocycles. The summed E-state index contributed by atoms with van der Waals surface area (Å²) < 4.78 is 1.72. The lowest BCUT2D eigenvalue weighted by Gasteiger charge is -2.21. The van der Waals surface area contributed by atoms with Gasteiger partial charge in [0, 0.05) is 18.7 Å². The maximum Gasteiger partial charge on any atom is 0.327 e. The van der Waals surface area contributed by atoms with E-state index in [1.54, 1.807) is 4.57 Å². The van der Waals surface area contributed by atoms with Crippen molar-refractivity contribution in [2.75, 3.05) is 5.73 Å². The number of allylic oxidation sites excluding steroid dienone is 1. The highest BCUT2D eigenvalue weighted by molar-refractivity contribution is 5.84. The number of aliphatic imine (C=N–C) groups is 1. The average Bonchev–Trinajstić information content (AvgIpc) is 3.61. The maximum atomic E-state index is 12.6. The van der Waals surface area contributed by atoms with Gasteiger partial charge in [-0.25, -0.2) is 14.8 Å². The van der Waals surface area contributed by atoms with Crippen molar-refractivity contribution in [3.63, 3.8) is 0 Å². The number of anilines is 1. The van der Waals surface area contributed by atoms with Crippen LogP contribution in [0.5, 0.6) is 0 Å². The SMILES string of the molecule is Nc1nc(C2=CCC(C3CC3)C=N2)nc2c1[nH]c(=O)n2CCCCCCC1CCCCC1. The highest BCUT2D eigenvalue weighted by Gasteiger charge is 2.31. The first kappa shape index (κ1) is 21.4. The van der Waals surface area contributed by atoms with E-state index in [2.05, 4.69) is 21.0 Å². The summed E-state index contributed by atoms with van der Waals surface area (Å²) in [6.45, 7) is 0.657. The van der Waals surface area contributed by atoms with E-state index < -0.39 is 0 Å². The van der Waals surface area contributed by atoms with Gasteiger partial charge in [-0.2, -0.15) is 0 Å². The molecule has 2 fully saturated rings. The van der Waals surface area contributed by atoms with Crippen LogP contribution in [0.3, 0.4) is 0 Å². The Morgan fingerprint density at radius 1 is 1.03 bits per heavy atom. The number of aryl methyl sites for hydroxylation is 1. The molecule has 1 atom stereocenters.